The van der Waals surface area contributed by atoms with Gasteiger partial charge in [0, 0.05) is 18.7 Å². The zero-order chi connectivity index (χ0) is 17.6. The molecule has 1 amide bonds. The summed E-state index contributed by atoms with van der Waals surface area (Å²) in [4.78, 5) is 32.9. The minimum Gasteiger partial charge on any atom is -0.481 e. The van der Waals surface area contributed by atoms with E-state index < -0.39 is 28.5 Å². The number of nitro groups is 1. The number of ether oxygens (including phenoxy) is 1. The van der Waals surface area contributed by atoms with Crippen LogP contribution in [0.1, 0.15) is 26.3 Å². The van der Waals surface area contributed by atoms with Crippen molar-refractivity contribution in [2.75, 3.05) is 6.54 Å². The van der Waals surface area contributed by atoms with Crippen LogP contribution < -0.4 is 5.32 Å². The van der Waals surface area contributed by atoms with Gasteiger partial charge in [0.1, 0.15) is 5.60 Å². The van der Waals surface area contributed by atoms with E-state index in [4.69, 9.17) is 4.74 Å². The Balaban J connectivity index is 2.63. The maximum atomic E-state index is 11.6. The van der Waals surface area contributed by atoms with Gasteiger partial charge in [-0.2, -0.15) is 0 Å². The molecule has 8 heteroatoms. The number of hydrogen-bond donors (Lipinski definition) is 2. The average molecular weight is 324 g/mol. The van der Waals surface area contributed by atoms with E-state index in [1.54, 1.807) is 20.8 Å². The third-order valence-corrected chi connectivity index (χ3v) is 2.87. The van der Waals surface area contributed by atoms with Crippen molar-refractivity contribution in [2.45, 2.75) is 32.8 Å². The van der Waals surface area contributed by atoms with Gasteiger partial charge < -0.3 is 15.2 Å². The molecule has 1 aromatic rings. The molecule has 0 saturated carbocycles. The van der Waals surface area contributed by atoms with Crippen LogP contribution in [0.25, 0.3) is 0 Å². The van der Waals surface area contributed by atoms with Gasteiger partial charge in [0.05, 0.1) is 10.8 Å². The maximum absolute atomic E-state index is 11.6. The summed E-state index contributed by atoms with van der Waals surface area (Å²) < 4.78 is 5.04. The SMILES string of the molecule is CC(C)(C)OC(=O)NC[C@H](Cc1ccc([N+](=O)[O-])cc1)C(=O)O. The summed E-state index contributed by atoms with van der Waals surface area (Å²) in [7, 11) is 0. The Morgan fingerprint density at radius 2 is 1.87 bits per heavy atom. The standard InChI is InChI=1S/C15H20N2O6/c1-15(2,3)23-14(20)16-9-11(13(18)19)8-10-4-6-12(7-5-10)17(21)22/h4-7,11H,8-9H2,1-3H3,(H,16,20)(H,18,19)/t11-/m0/s1. The molecule has 1 rings (SSSR count). The molecular weight excluding hydrogens is 304 g/mol. The number of carbonyl (C=O) groups is 2. The molecule has 0 fully saturated rings. The highest BCUT2D eigenvalue weighted by Gasteiger charge is 2.22. The van der Waals surface area contributed by atoms with E-state index in [1.165, 1.54) is 24.3 Å². The number of carbonyl (C=O) groups excluding carboxylic acids is 1. The predicted molar refractivity (Wildman–Crippen MR) is 82.2 cm³/mol. The van der Waals surface area contributed by atoms with Crippen LogP contribution in [0.5, 0.6) is 0 Å². The van der Waals surface area contributed by atoms with Crippen molar-refractivity contribution in [2.24, 2.45) is 5.92 Å². The van der Waals surface area contributed by atoms with Crippen LogP contribution in [0.4, 0.5) is 10.5 Å². The molecule has 0 aliphatic rings. The molecule has 0 aromatic heterocycles. The number of hydrogen-bond acceptors (Lipinski definition) is 5. The number of aliphatic carboxylic acids is 1. The molecule has 1 atom stereocenters. The summed E-state index contributed by atoms with van der Waals surface area (Å²) >= 11 is 0. The first kappa shape index (κ1) is 18.4. The van der Waals surface area contributed by atoms with E-state index in [2.05, 4.69) is 5.32 Å². The number of nitrogens with one attached hydrogen (secondary N) is 1. The van der Waals surface area contributed by atoms with E-state index in [0.29, 0.717) is 5.56 Å². The van der Waals surface area contributed by atoms with Gasteiger partial charge in [-0.15, -0.1) is 0 Å². The lowest BCUT2D eigenvalue weighted by atomic mass is 9.99. The molecule has 0 aliphatic heterocycles. The molecule has 0 spiro atoms. The zero-order valence-electron chi connectivity index (χ0n) is 13.2. The fourth-order valence-electron chi connectivity index (χ4n) is 1.81. The monoisotopic (exact) mass is 324 g/mol. The summed E-state index contributed by atoms with van der Waals surface area (Å²) in [5, 5.41) is 22.2. The summed E-state index contributed by atoms with van der Waals surface area (Å²) in [6.07, 6.45) is -0.546. The molecule has 8 nitrogen and oxygen atoms in total. The lowest BCUT2D eigenvalue weighted by Gasteiger charge is -2.20. The number of amides is 1. The van der Waals surface area contributed by atoms with Crippen molar-refractivity contribution in [1.82, 2.24) is 5.32 Å². The normalized spacial score (nSPS) is 12.3. The van der Waals surface area contributed by atoms with Gasteiger partial charge in [-0.25, -0.2) is 4.79 Å². The first-order chi connectivity index (χ1) is 10.6. The Morgan fingerprint density at radius 3 is 2.30 bits per heavy atom. The van der Waals surface area contributed by atoms with Gasteiger partial charge in [0.25, 0.3) is 5.69 Å². The van der Waals surface area contributed by atoms with E-state index in [0.717, 1.165) is 0 Å². The highest BCUT2D eigenvalue weighted by atomic mass is 16.6. The molecule has 0 saturated heterocycles. The van der Waals surface area contributed by atoms with Gasteiger partial charge in [0.2, 0.25) is 0 Å². The molecule has 0 heterocycles. The van der Waals surface area contributed by atoms with Crippen molar-refractivity contribution in [3.05, 3.63) is 39.9 Å². The van der Waals surface area contributed by atoms with E-state index in [-0.39, 0.29) is 18.7 Å². The average Bonchev–Trinajstić information content (AvgIpc) is 2.41. The second-order valence-electron chi connectivity index (χ2n) is 6.05. The molecule has 23 heavy (non-hydrogen) atoms. The highest BCUT2D eigenvalue weighted by Crippen LogP contribution is 2.15. The number of carboxylic acid groups (broad SMARTS) is 1. The third-order valence-electron chi connectivity index (χ3n) is 2.87. The van der Waals surface area contributed by atoms with Crippen LogP contribution in [0.3, 0.4) is 0 Å². The van der Waals surface area contributed by atoms with E-state index in [1.807, 2.05) is 0 Å². The smallest absolute Gasteiger partial charge is 0.407 e. The van der Waals surface area contributed by atoms with E-state index >= 15 is 0 Å². The lowest BCUT2D eigenvalue weighted by Crippen LogP contribution is -2.37. The van der Waals surface area contributed by atoms with Crippen molar-refractivity contribution in [3.8, 4) is 0 Å². The summed E-state index contributed by atoms with van der Waals surface area (Å²) in [5.41, 5.74) is -0.0947. The minimum absolute atomic E-state index is 0.0625. The molecule has 0 unspecified atom stereocenters. The van der Waals surface area contributed by atoms with Crippen LogP contribution in [0.2, 0.25) is 0 Å². The highest BCUT2D eigenvalue weighted by molar-refractivity contribution is 5.73. The number of non-ortho nitro benzene ring substituents is 1. The van der Waals surface area contributed by atoms with E-state index in [9.17, 15) is 24.8 Å². The molecular formula is C15H20N2O6. The molecule has 0 radical (unpaired) electrons. The van der Waals surface area contributed by atoms with Crippen LogP contribution in [-0.4, -0.2) is 34.2 Å². The first-order valence-electron chi connectivity index (χ1n) is 7.01. The Bertz CT molecular complexity index is 577. The summed E-state index contributed by atoms with van der Waals surface area (Å²) in [5.74, 6) is -1.93. The fourth-order valence-corrected chi connectivity index (χ4v) is 1.81. The molecule has 1 aromatic carbocycles. The second kappa shape index (κ2) is 7.57. The Kier molecular flexibility index (Phi) is 6.06. The number of nitrogens with zero attached hydrogens (tertiary/aromatic N) is 1. The quantitative estimate of drug-likeness (QED) is 0.612. The fraction of sp³-hybridized carbons (Fsp3) is 0.467. The Morgan fingerprint density at radius 1 is 1.30 bits per heavy atom. The minimum atomic E-state index is -1.07. The third kappa shape index (κ3) is 6.77. The molecule has 126 valence electrons. The van der Waals surface area contributed by atoms with Crippen molar-refractivity contribution < 1.29 is 24.4 Å². The molecule has 2 N–H and O–H groups in total. The number of carboxylic acids is 1. The summed E-state index contributed by atoms with van der Waals surface area (Å²) in [6.45, 7) is 5.02. The number of rotatable bonds is 6. The van der Waals surface area contributed by atoms with Crippen LogP contribution in [0.15, 0.2) is 24.3 Å². The lowest BCUT2D eigenvalue weighted by molar-refractivity contribution is -0.384. The zero-order valence-corrected chi connectivity index (χ0v) is 13.2. The van der Waals surface area contributed by atoms with Gasteiger partial charge in [0.15, 0.2) is 0 Å². The molecule has 0 bridgehead atoms. The van der Waals surface area contributed by atoms with Crippen molar-refractivity contribution in [3.63, 3.8) is 0 Å². The predicted octanol–water partition coefficient (Wildman–Crippen LogP) is 2.36. The Labute approximate surface area is 133 Å². The van der Waals surface area contributed by atoms with Crippen LogP contribution >= 0.6 is 0 Å². The van der Waals surface area contributed by atoms with Gasteiger partial charge >= 0.3 is 12.1 Å². The van der Waals surface area contributed by atoms with Gasteiger partial charge in [-0.3, -0.25) is 14.9 Å². The first-order valence-corrected chi connectivity index (χ1v) is 7.01. The summed E-state index contributed by atoms with van der Waals surface area (Å²) in [6, 6.07) is 5.63. The van der Waals surface area contributed by atoms with Crippen LogP contribution in [-0.2, 0) is 16.0 Å². The van der Waals surface area contributed by atoms with Gasteiger partial charge in [-0.05, 0) is 32.8 Å². The van der Waals surface area contributed by atoms with Crippen molar-refractivity contribution >= 4 is 17.7 Å². The number of benzene rings is 1. The Hall–Kier alpha value is -2.64. The number of nitro benzene ring substituents is 1. The van der Waals surface area contributed by atoms with Crippen molar-refractivity contribution in [1.29, 1.82) is 0 Å². The van der Waals surface area contributed by atoms with Crippen LogP contribution in [0, 0.1) is 16.0 Å². The maximum Gasteiger partial charge on any atom is 0.407 e. The second-order valence-corrected chi connectivity index (χ2v) is 6.05. The number of alkyl carbamates (subject to hydrolysis) is 1. The van der Waals surface area contributed by atoms with Gasteiger partial charge in [-0.1, -0.05) is 12.1 Å². The largest absolute Gasteiger partial charge is 0.481 e. The topological polar surface area (TPSA) is 119 Å². The molecule has 0 aliphatic carbocycles.